The average molecular weight is 407 g/mol. The number of halogens is 1. The van der Waals surface area contributed by atoms with Gasteiger partial charge in [-0.15, -0.1) is 12.4 Å². The van der Waals surface area contributed by atoms with Crippen LogP contribution in [0.3, 0.4) is 0 Å². The van der Waals surface area contributed by atoms with E-state index >= 15 is 0 Å². The van der Waals surface area contributed by atoms with Crippen LogP contribution in [0.2, 0.25) is 0 Å². The maximum absolute atomic E-state index is 13.9. The maximum atomic E-state index is 13.9. The predicted octanol–water partition coefficient (Wildman–Crippen LogP) is 4.05. The number of carbonyl (C=O) groups excluding carboxylic acids is 1. The second-order valence-corrected chi connectivity index (χ2v) is 9.88. The highest BCUT2D eigenvalue weighted by atomic mass is 35.5. The van der Waals surface area contributed by atoms with Gasteiger partial charge in [0, 0.05) is 19.1 Å². The van der Waals surface area contributed by atoms with Gasteiger partial charge in [0.1, 0.15) is 5.75 Å². The molecule has 1 heterocycles. The van der Waals surface area contributed by atoms with Gasteiger partial charge in [-0.25, -0.2) is 0 Å². The van der Waals surface area contributed by atoms with Gasteiger partial charge in [-0.05, 0) is 67.1 Å². The number of fused-ring (bicyclic) bond motifs is 2. The molecule has 1 aromatic carbocycles. The number of hydrogen-bond donors (Lipinski definition) is 1. The molecule has 4 rings (SSSR count). The number of carbonyl (C=O) groups is 1. The molecule has 28 heavy (non-hydrogen) atoms. The standard InChI is InChI=1S/C23H34N2O2.ClH/c1-22(2)15-25(10-9-20(22)24)21(26)23(14-17-7-8-18(23)11-17)13-16-5-4-6-19(12-16)27-3;/h4-6,12,17-18,20H,7-11,13-15,24H2,1-3H3;1H. The summed E-state index contributed by atoms with van der Waals surface area (Å²) in [7, 11) is 1.70. The summed E-state index contributed by atoms with van der Waals surface area (Å²) in [5.74, 6) is 2.52. The number of benzene rings is 1. The van der Waals surface area contributed by atoms with E-state index in [9.17, 15) is 4.79 Å². The summed E-state index contributed by atoms with van der Waals surface area (Å²) in [4.78, 5) is 16.1. The molecule has 0 spiro atoms. The fourth-order valence-electron chi connectivity index (χ4n) is 6.01. The van der Waals surface area contributed by atoms with Crippen LogP contribution in [0.1, 0.15) is 51.5 Å². The van der Waals surface area contributed by atoms with E-state index in [1.807, 2.05) is 12.1 Å². The molecular weight excluding hydrogens is 372 g/mol. The fourth-order valence-corrected chi connectivity index (χ4v) is 6.01. The summed E-state index contributed by atoms with van der Waals surface area (Å²) in [6.45, 7) is 5.99. The van der Waals surface area contributed by atoms with Crippen LogP contribution in [0.15, 0.2) is 24.3 Å². The average Bonchev–Trinajstić information content (AvgIpc) is 3.25. The van der Waals surface area contributed by atoms with Crippen LogP contribution in [-0.2, 0) is 11.2 Å². The molecule has 156 valence electrons. The van der Waals surface area contributed by atoms with Crippen molar-refractivity contribution in [3.8, 4) is 5.75 Å². The van der Waals surface area contributed by atoms with Gasteiger partial charge in [-0.2, -0.15) is 0 Å². The first-order chi connectivity index (χ1) is 12.8. The van der Waals surface area contributed by atoms with Crippen molar-refractivity contribution in [2.45, 2.75) is 58.4 Å². The van der Waals surface area contributed by atoms with E-state index in [2.05, 4.69) is 30.9 Å². The van der Waals surface area contributed by atoms with E-state index in [0.717, 1.165) is 44.0 Å². The lowest BCUT2D eigenvalue weighted by Gasteiger charge is -2.47. The van der Waals surface area contributed by atoms with Crippen LogP contribution in [0.4, 0.5) is 0 Å². The summed E-state index contributed by atoms with van der Waals surface area (Å²) in [6, 6.07) is 8.46. The van der Waals surface area contributed by atoms with E-state index in [4.69, 9.17) is 10.5 Å². The predicted molar refractivity (Wildman–Crippen MR) is 115 cm³/mol. The molecular formula is C23H35ClN2O2. The summed E-state index contributed by atoms with van der Waals surface area (Å²) in [6.07, 6.45) is 6.53. The van der Waals surface area contributed by atoms with E-state index in [1.165, 1.54) is 24.8 Å². The van der Waals surface area contributed by atoms with Crippen molar-refractivity contribution in [2.24, 2.45) is 28.4 Å². The van der Waals surface area contributed by atoms with Crippen molar-refractivity contribution in [3.05, 3.63) is 29.8 Å². The number of nitrogens with zero attached hydrogens (tertiary/aromatic N) is 1. The largest absolute Gasteiger partial charge is 0.497 e. The minimum Gasteiger partial charge on any atom is -0.497 e. The van der Waals surface area contributed by atoms with Crippen molar-refractivity contribution in [1.29, 1.82) is 0 Å². The SMILES string of the molecule is COc1cccc(CC2(C(=O)N3CCC(N)C(C)(C)C3)CC3CCC2C3)c1.Cl. The summed E-state index contributed by atoms with van der Waals surface area (Å²) in [5, 5.41) is 0. The number of rotatable bonds is 4. The number of likely N-dealkylation sites (tertiary alicyclic amines) is 1. The number of amides is 1. The minimum absolute atomic E-state index is 0. The molecule has 1 aliphatic heterocycles. The zero-order valence-corrected chi connectivity index (χ0v) is 18.3. The molecule has 1 amide bonds. The van der Waals surface area contributed by atoms with Crippen LogP contribution < -0.4 is 10.5 Å². The van der Waals surface area contributed by atoms with Gasteiger partial charge in [0.15, 0.2) is 0 Å². The Hall–Kier alpha value is -1.26. The van der Waals surface area contributed by atoms with Crippen molar-refractivity contribution in [3.63, 3.8) is 0 Å². The number of ether oxygens (including phenoxy) is 1. The molecule has 3 aliphatic rings. The van der Waals surface area contributed by atoms with Crippen molar-refractivity contribution < 1.29 is 9.53 Å². The van der Waals surface area contributed by atoms with Crippen LogP contribution >= 0.6 is 12.4 Å². The lowest BCUT2D eigenvalue weighted by molar-refractivity contribution is -0.149. The molecule has 4 atom stereocenters. The van der Waals surface area contributed by atoms with Crippen molar-refractivity contribution in [1.82, 2.24) is 4.90 Å². The Morgan fingerprint density at radius 3 is 2.68 bits per heavy atom. The van der Waals surface area contributed by atoms with E-state index < -0.39 is 0 Å². The van der Waals surface area contributed by atoms with Gasteiger partial charge in [-0.1, -0.05) is 32.4 Å². The molecule has 0 aromatic heterocycles. The van der Waals surface area contributed by atoms with E-state index in [0.29, 0.717) is 11.8 Å². The van der Waals surface area contributed by atoms with Gasteiger partial charge in [-0.3, -0.25) is 4.79 Å². The van der Waals surface area contributed by atoms with E-state index in [1.54, 1.807) is 7.11 Å². The van der Waals surface area contributed by atoms with Crippen molar-refractivity contribution in [2.75, 3.05) is 20.2 Å². The Balaban J connectivity index is 0.00000225. The molecule has 2 aliphatic carbocycles. The van der Waals surface area contributed by atoms with Crippen molar-refractivity contribution >= 4 is 18.3 Å². The first-order valence-electron chi connectivity index (χ1n) is 10.5. The lowest BCUT2D eigenvalue weighted by atomic mass is 9.67. The second-order valence-electron chi connectivity index (χ2n) is 9.88. The van der Waals surface area contributed by atoms with Crippen LogP contribution in [-0.4, -0.2) is 37.0 Å². The summed E-state index contributed by atoms with van der Waals surface area (Å²) in [5.41, 5.74) is 7.31. The number of methoxy groups -OCH3 is 1. The smallest absolute Gasteiger partial charge is 0.229 e. The first kappa shape index (κ1) is 21.4. The number of piperidine rings is 1. The minimum atomic E-state index is -0.229. The molecule has 3 fully saturated rings. The Kier molecular flexibility index (Phi) is 6.03. The molecule has 1 saturated heterocycles. The Morgan fingerprint density at radius 1 is 1.29 bits per heavy atom. The molecule has 5 heteroatoms. The topological polar surface area (TPSA) is 55.6 Å². The molecule has 2 bridgehead atoms. The zero-order chi connectivity index (χ0) is 19.2. The van der Waals surface area contributed by atoms with Crippen LogP contribution in [0.25, 0.3) is 0 Å². The Labute approximate surface area is 175 Å². The molecule has 1 aromatic rings. The highest BCUT2D eigenvalue weighted by Gasteiger charge is 2.57. The summed E-state index contributed by atoms with van der Waals surface area (Å²) >= 11 is 0. The second kappa shape index (κ2) is 7.87. The Bertz CT molecular complexity index is 722. The number of nitrogens with two attached hydrogens (primary N) is 1. The van der Waals surface area contributed by atoms with Gasteiger partial charge < -0.3 is 15.4 Å². The molecule has 0 radical (unpaired) electrons. The lowest BCUT2D eigenvalue weighted by Crippen LogP contribution is -2.58. The van der Waals surface area contributed by atoms with Crippen LogP contribution in [0.5, 0.6) is 5.75 Å². The third kappa shape index (κ3) is 3.66. The van der Waals surface area contributed by atoms with Crippen LogP contribution in [0, 0.1) is 22.7 Å². The molecule has 2 N–H and O–H groups in total. The highest BCUT2D eigenvalue weighted by molar-refractivity contribution is 5.85. The van der Waals surface area contributed by atoms with E-state index in [-0.39, 0.29) is 29.3 Å². The molecule has 2 saturated carbocycles. The first-order valence-corrected chi connectivity index (χ1v) is 10.5. The number of hydrogen-bond acceptors (Lipinski definition) is 3. The third-order valence-corrected chi connectivity index (χ3v) is 7.65. The third-order valence-electron chi connectivity index (χ3n) is 7.65. The normalized spacial score (nSPS) is 33.4. The van der Waals surface area contributed by atoms with Gasteiger partial charge >= 0.3 is 0 Å². The van der Waals surface area contributed by atoms with Gasteiger partial charge in [0.05, 0.1) is 12.5 Å². The highest BCUT2D eigenvalue weighted by Crippen LogP contribution is 2.58. The van der Waals surface area contributed by atoms with Gasteiger partial charge in [0.2, 0.25) is 5.91 Å². The molecule has 4 nitrogen and oxygen atoms in total. The maximum Gasteiger partial charge on any atom is 0.229 e. The monoisotopic (exact) mass is 406 g/mol. The fraction of sp³-hybridized carbons (Fsp3) is 0.696. The van der Waals surface area contributed by atoms with Gasteiger partial charge in [0.25, 0.3) is 0 Å². The summed E-state index contributed by atoms with van der Waals surface area (Å²) < 4.78 is 5.42. The molecule has 4 unspecified atom stereocenters. The zero-order valence-electron chi connectivity index (χ0n) is 17.4. The quantitative estimate of drug-likeness (QED) is 0.820. The Morgan fingerprint density at radius 2 is 2.07 bits per heavy atom.